The van der Waals surface area contributed by atoms with Gasteiger partial charge in [-0.05, 0) is 62.8 Å². The van der Waals surface area contributed by atoms with E-state index in [4.69, 9.17) is 0 Å². The van der Waals surface area contributed by atoms with E-state index in [1.54, 1.807) is 0 Å². The summed E-state index contributed by atoms with van der Waals surface area (Å²) in [5, 5.41) is 13.9. The molecule has 4 bridgehead atoms. The van der Waals surface area contributed by atoms with Crippen LogP contribution in [0.5, 0.6) is 0 Å². The summed E-state index contributed by atoms with van der Waals surface area (Å²) in [4.78, 5) is 0. The molecule has 0 aromatic heterocycles. The Labute approximate surface area is 86.1 Å². The van der Waals surface area contributed by atoms with Gasteiger partial charge in [-0.1, -0.05) is 0 Å². The average molecular weight is 195 g/mol. The SMILES string of the molecule is CNCC1(O)C2CC3CC(C2)CC1C3. The van der Waals surface area contributed by atoms with Crippen molar-refractivity contribution in [3.63, 3.8) is 0 Å². The second-order valence-corrected chi connectivity index (χ2v) is 5.83. The molecule has 0 aliphatic heterocycles. The summed E-state index contributed by atoms with van der Waals surface area (Å²) < 4.78 is 0. The van der Waals surface area contributed by atoms with Gasteiger partial charge in [0.05, 0.1) is 5.60 Å². The summed E-state index contributed by atoms with van der Waals surface area (Å²) in [5.74, 6) is 3.11. The number of hydrogen-bond acceptors (Lipinski definition) is 2. The predicted octanol–water partition coefficient (Wildman–Crippen LogP) is 1.39. The van der Waals surface area contributed by atoms with Gasteiger partial charge in [-0.25, -0.2) is 0 Å². The molecule has 2 heteroatoms. The Bertz CT molecular complexity index is 210. The predicted molar refractivity (Wildman–Crippen MR) is 55.9 cm³/mol. The molecule has 0 spiro atoms. The molecule has 4 rings (SSSR count). The first-order valence-electron chi connectivity index (χ1n) is 6.09. The van der Waals surface area contributed by atoms with Crippen LogP contribution in [-0.4, -0.2) is 24.3 Å². The molecule has 0 radical (unpaired) electrons. The first-order valence-corrected chi connectivity index (χ1v) is 6.09. The van der Waals surface area contributed by atoms with Crippen LogP contribution >= 0.6 is 0 Å². The Morgan fingerprint density at radius 3 is 2.00 bits per heavy atom. The van der Waals surface area contributed by atoms with Crippen LogP contribution in [0.3, 0.4) is 0 Å². The lowest BCUT2D eigenvalue weighted by Gasteiger charge is -2.59. The van der Waals surface area contributed by atoms with Gasteiger partial charge in [0.1, 0.15) is 0 Å². The van der Waals surface area contributed by atoms with Crippen LogP contribution in [-0.2, 0) is 0 Å². The Morgan fingerprint density at radius 1 is 1.07 bits per heavy atom. The van der Waals surface area contributed by atoms with Crippen molar-refractivity contribution in [3.8, 4) is 0 Å². The van der Waals surface area contributed by atoms with E-state index in [0.717, 1.165) is 18.4 Å². The summed E-state index contributed by atoms with van der Waals surface area (Å²) in [6, 6.07) is 0. The van der Waals surface area contributed by atoms with Crippen molar-refractivity contribution >= 4 is 0 Å². The molecule has 2 nitrogen and oxygen atoms in total. The van der Waals surface area contributed by atoms with Crippen molar-refractivity contribution < 1.29 is 5.11 Å². The van der Waals surface area contributed by atoms with Gasteiger partial charge >= 0.3 is 0 Å². The average Bonchev–Trinajstić information content (AvgIpc) is 2.14. The highest BCUT2D eigenvalue weighted by Gasteiger charge is 2.55. The smallest absolute Gasteiger partial charge is 0.0827 e. The van der Waals surface area contributed by atoms with Gasteiger partial charge in [-0.3, -0.25) is 0 Å². The Hall–Kier alpha value is -0.0800. The van der Waals surface area contributed by atoms with Crippen LogP contribution in [0.4, 0.5) is 0 Å². The van der Waals surface area contributed by atoms with Crippen molar-refractivity contribution in [2.75, 3.05) is 13.6 Å². The summed E-state index contributed by atoms with van der Waals surface area (Å²) >= 11 is 0. The minimum atomic E-state index is -0.359. The zero-order valence-electron chi connectivity index (χ0n) is 9.00. The van der Waals surface area contributed by atoms with Crippen molar-refractivity contribution in [3.05, 3.63) is 0 Å². The quantitative estimate of drug-likeness (QED) is 0.698. The standard InChI is InChI=1S/C12H21NO/c1-13-7-12(14)10-3-8-2-9(5-10)6-11(12)4-8/h8-11,13-14H,2-7H2,1H3. The fraction of sp³-hybridized carbons (Fsp3) is 1.00. The zero-order chi connectivity index (χ0) is 9.76. The number of aliphatic hydroxyl groups is 1. The molecule has 0 heterocycles. The third-order valence-electron chi connectivity index (χ3n) is 5.01. The van der Waals surface area contributed by atoms with Crippen molar-refractivity contribution in [1.29, 1.82) is 0 Å². The van der Waals surface area contributed by atoms with Crippen LogP contribution < -0.4 is 5.32 Å². The highest BCUT2D eigenvalue weighted by atomic mass is 16.3. The van der Waals surface area contributed by atoms with E-state index in [0.29, 0.717) is 11.8 Å². The van der Waals surface area contributed by atoms with Gasteiger partial charge < -0.3 is 10.4 Å². The molecule has 80 valence electrons. The molecule has 0 aromatic carbocycles. The van der Waals surface area contributed by atoms with E-state index >= 15 is 0 Å². The molecule has 0 atom stereocenters. The lowest BCUT2D eigenvalue weighted by Crippen LogP contribution is -2.61. The molecule has 0 unspecified atom stereocenters. The topological polar surface area (TPSA) is 32.3 Å². The van der Waals surface area contributed by atoms with Crippen molar-refractivity contribution in [1.82, 2.24) is 5.32 Å². The number of likely N-dealkylation sites (N-methyl/N-ethyl adjacent to an activating group) is 1. The lowest BCUT2D eigenvalue weighted by molar-refractivity contribution is -0.169. The second-order valence-electron chi connectivity index (χ2n) is 5.83. The molecule has 2 N–H and O–H groups in total. The van der Waals surface area contributed by atoms with Gasteiger partial charge in [0.25, 0.3) is 0 Å². The molecule has 0 aromatic rings. The lowest BCUT2D eigenvalue weighted by atomic mass is 9.50. The van der Waals surface area contributed by atoms with Gasteiger partial charge in [0.2, 0.25) is 0 Å². The Balaban J connectivity index is 1.87. The van der Waals surface area contributed by atoms with E-state index in [-0.39, 0.29) is 5.60 Å². The molecule has 4 aliphatic rings. The normalized spacial score (nSPS) is 55.3. The monoisotopic (exact) mass is 195 g/mol. The second kappa shape index (κ2) is 2.96. The van der Waals surface area contributed by atoms with E-state index in [1.807, 2.05) is 7.05 Å². The minimum absolute atomic E-state index is 0.359. The Kier molecular flexibility index (Phi) is 1.94. The van der Waals surface area contributed by atoms with E-state index in [1.165, 1.54) is 32.1 Å². The first kappa shape index (κ1) is 9.17. The summed E-state index contributed by atoms with van der Waals surface area (Å²) in [5.41, 5.74) is -0.359. The van der Waals surface area contributed by atoms with Gasteiger partial charge in [-0.15, -0.1) is 0 Å². The molecule has 0 saturated heterocycles. The molecule has 14 heavy (non-hydrogen) atoms. The summed E-state index contributed by atoms with van der Waals surface area (Å²) in [6.07, 6.45) is 6.65. The molecular formula is C12H21NO. The van der Waals surface area contributed by atoms with Crippen LogP contribution in [0.1, 0.15) is 32.1 Å². The third kappa shape index (κ3) is 1.10. The largest absolute Gasteiger partial charge is 0.388 e. The maximum absolute atomic E-state index is 10.7. The number of nitrogens with one attached hydrogen (secondary N) is 1. The highest BCUT2D eigenvalue weighted by Crippen LogP contribution is 2.57. The van der Waals surface area contributed by atoms with Crippen LogP contribution in [0.25, 0.3) is 0 Å². The first-order chi connectivity index (χ1) is 6.72. The maximum atomic E-state index is 10.7. The van der Waals surface area contributed by atoms with Crippen molar-refractivity contribution in [2.24, 2.45) is 23.7 Å². The van der Waals surface area contributed by atoms with Crippen molar-refractivity contribution in [2.45, 2.75) is 37.7 Å². The minimum Gasteiger partial charge on any atom is -0.388 e. The van der Waals surface area contributed by atoms with Gasteiger partial charge in [0.15, 0.2) is 0 Å². The molecule has 4 saturated carbocycles. The molecular weight excluding hydrogens is 174 g/mol. The fourth-order valence-corrected chi connectivity index (χ4v) is 4.57. The fourth-order valence-electron chi connectivity index (χ4n) is 4.57. The molecule has 4 fully saturated rings. The summed E-state index contributed by atoms with van der Waals surface area (Å²) in [6.45, 7) is 0.807. The van der Waals surface area contributed by atoms with Crippen LogP contribution in [0, 0.1) is 23.7 Å². The van der Waals surface area contributed by atoms with Gasteiger partial charge in [0, 0.05) is 6.54 Å². The summed E-state index contributed by atoms with van der Waals surface area (Å²) in [7, 11) is 1.96. The van der Waals surface area contributed by atoms with Crippen LogP contribution in [0.15, 0.2) is 0 Å². The Morgan fingerprint density at radius 2 is 1.57 bits per heavy atom. The number of rotatable bonds is 2. The van der Waals surface area contributed by atoms with E-state index < -0.39 is 0 Å². The third-order valence-corrected chi connectivity index (χ3v) is 5.01. The molecule has 4 aliphatic carbocycles. The zero-order valence-corrected chi connectivity index (χ0v) is 9.00. The van der Waals surface area contributed by atoms with E-state index in [9.17, 15) is 5.11 Å². The van der Waals surface area contributed by atoms with Gasteiger partial charge in [-0.2, -0.15) is 0 Å². The number of hydrogen-bond donors (Lipinski definition) is 2. The van der Waals surface area contributed by atoms with E-state index in [2.05, 4.69) is 5.32 Å². The molecule has 0 amide bonds. The maximum Gasteiger partial charge on any atom is 0.0827 e. The highest BCUT2D eigenvalue weighted by molar-refractivity contribution is 5.07. The van der Waals surface area contributed by atoms with Crippen LogP contribution in [0.2, 0.25) is 0 Å².